The minimum Gasteiger partial charge on any atom is -0.393 e. The number of nitrogens with zero attached hydrogens (tertiary/aromatic N) is 1. The van der Waals surface area contributed by atoms with E-state index in [1.165, 1.54) is 0 Å². The quantitative estimate of drug-likeness (QED) is 0.819. The maximum Gasteiger partial charge on any atom is 0.225 e. The van der Waals surface area contributed by atoms with Crippen molar-refractivity contribution in [3.8, 4) is 0 Å². The third kappa shape index (κ3) is 4.58. The fraction of sp³-hybridized carbons (Fsp3) is 0.929. The summed E-state index contributed by atoms with van der Waals surface area (Å²) in [6, 6.07) is 0.193. The van der Waals surface area contributed by atoms with Crippen molar-refractivity contribution < 1.29 is 14.6 Å². The molecule has 106 valence electrons. The van der Waals surface area contributed by atoms with Crippen molar-refractivity contribution in [1.29, 1.82) is 0 Å². The van der Waals surface area contributed by atoms with Gasteiger partial charge in [0.1, 0.15) is 0 Å². The molecule has 0 aromatic carbocycles. The second-order valence-corrected chi connectivity index (χ2v) is 5.96. The van der Waals surface area contributed by atoms with Gasteiger partial charge in [-0.3, -0.25) is 4.79 Å². The van der Waals surface area contributed by atoms with Gasteiger partial charge in [-0.2, -0.15) is 0 Å². The van der Waals surface area contributed by atoms with E-state index in [4.69, 9.17) is 4.74 Å². The minimum absolute atomic E-state index is 0.146. The Bertz CT molecular complexity index is 276. The molecular formula is C14H27NO3. The van der Waals surface area contributed by atoms with Crippen LogP contribution in [0.2, 0.25) is 0 Å². The molecule has 0 bridgehead atoms. The molecule has 1 aliphatic heterocycles. The van der Waals surface area contributed by atoms with Crippen LogP contribution in [-0.2, 0) is 9.53 Å². The van der Waals surface area contributed by atoms with Crippen LogP contribution in [-0.4, -0.2) is 47.3 Å². The van der Waals surface area contributed by atoms with Crippen molar-refractivity contribution in [2.45, 2.75) is 70.6 Å². The number of carbonyl (C=O) groups excluding carboxylic acids is 1. The monoisotopic (exact) mass is 257 g/mol. The number of hydrogen-bond donors (Lipinski definition) is 1. The molecule has 0 saturated carbocycles. The third-order valence-corrected chi connectivity index (χ3v) is 3.69. The van der Waals surface area contributed by atoms with Crippen molar-refractivity contribution in [1.82, 2.24) is 4.90 Å². The molecule has 1 rings (SSSR count). The third-order valence-electron chi connectivity index (χ3n) is 3.69. The number of methoxy groups -OCH3 is 1. The van der Waals surface area contributed by atoms with E-state index in [-0.39, 0.29) is 18.1 Å². The molecule has 2 unspecified atom stereocenters. The predicted molar refractivity (Wildman–Crippen MR) is 71.4 cm³/mol. The molecule has 1 aliphatic rings. The smallest absolute Gasteiger partial charge is 0.225 e. The fourth-order valence-corrected chi connectivity index (χ4v) is 2.51. The van der Waals surface area contributed by atoms with Crippen LogP contribution in [0.15, 0.2) is 0 Å². The Morgan fingerprint density at radius 3 is 2.72 bits per heavy atom. The Balaban J connectivity index is 2.62. The van der Waals surface area contributed by atoms with E-state index < -0.39 is 5.60 Å². The lowest BCUT2D eigenvalue weighted by Crippen LogP contribution is -2.47. The largest absolute Gasteiger partial charge is 0.393 e. The lowest BCUT2D eigenvalue weighted by Gasteiger charge is -2.38. The summed E-state index contributed by atoms with van der Waals surface area (Å²) in [5.74, 6) is 0.146. The molecule has 0 radical (unpaired) electrons. The molecule has 0 aromatic heterocycles. The van der Waals surface area contributed by atoms with Gasteiger partial charge in [0.05, 0.1) is 18.1 Å². The number of piperidine rings is 1. The van der Waals surface area contributed by atoms with E-state index in [0.29, 0.717) is 12.8 Å². The molecule has 0 spiro atoms. The SMILES string of the molecule is COC(C)(C)CC(=O)N1CCCCC1CC(C)O. The zero-order chi connectivity index (χ0) is 13.8. The van der Waals surface area contributed by atoms with Crippen molar-refractivity contribution in [2.75, 3.05) is 13.7 Å². The van der Waals surface area contributed by atoms with Gasteiger partial charge in [0.15, 0.2) is 0 Å². The summed E-state index contributed by atoms with van der Waals surface area (Å²) in [5, 5.41) is 9.52. The highest BCUT2D eigenvalue weighted by Crippen LogP contribution is 2.24. The molecule has 1 heterocycles. The zero-order valence-electron chi connectivity index (χ0n) is 12.1. The first kappa shape index (κ1) is 15.4. The first-order valence-corrected chi connectivity index (χ1v) is 6.88. The van der Waals surface area contributed by atoms with Crippen LogP contribution in [0.4, 0.5) is 0 Å². The number of hydrogen-bond acceptors (Lipinski definition) is 3. The number of rotatable bonds is 5. The molecule has 1 saturated heterocycles. The number of likely N-dealkylation sites (tertiary alicyclic amines) is 1. The van der Waals surface area contributed by atoms with Gasteiger partial charge in [0, 0.05) is 19.7 Å². The molecule has 2 atom stereocenters. The average molecular weight is 257 g/mol. The van der Waals surface area contributed by atoms with E-state index >= 15 is 0 Å². The number of ether oxygens (including phenoxy) is 1. The molecule has 1 N–H and O–H groups in total. The highest BCUT2D eigenvalue weighted by Gasteiger charge is 2.31. The summed E-state index contributed by atoms with van der Waals surface area (Å²) in [7, 11) is 1.64. The van der Waals surface area contributed by atoms with Gasteiger partial charge < -0.3 is 14.7 Å². The summed E-state index contributed by atoms with van der Waals surface area (Å²) in [6.45, 7) is 6.46. The summed E-state index contributed by atoms with van der Waals surface area (Å²) < 4.78 is 5.32. The van der Waals surface area contributed by atoms with Gasteiger partial charge in [0.25, 0.3) is 0 Å². The maximum absolute atomic E-state index is 12.3. The Labute approximate surface area is 110 Å². The highest BCUT2D eigenvalue weighted by molar-refractivity contribution is 5.77. The highest BCUT2D eigenvalue weighted by atomic mass is 16.5. The summed E-state index contributed by atoms with van der Waals surface area (Å²) >= 11 is 0. The van der Waals surface area contributed by atoms with E-state index in [2.05, 4.69) is 0 Å². The zero-order valence-corrected chi connectivity index (χ0v) is 12.1. The van der Waals surface area contributed by atoms with Crippen LogP contribution in [0.25, 0.3) is 0 Å². The Hall–Kier alpha value is -0.610. The second-order valence-electron chi connectivity index (χ2n) is 5.96. The van der Waals surface area contributed by atoms with Crippen LogP contribution in [0.3, 0.4) is 0 Å². The van der Waals surface area contributed by atoms with Gasteiger partial charge >= 0.3 is 0 Å². The molecule has 18 heavy (non-hydrogen) atoms. The van der Waals surface area contributed by atoms with Gasteiger partial charge in [-0.1, -0.05) is 0 Å². The topological polar surface area (TPSA) is 49.8 Å². The summed E-state index contributed by atoms with van der Waals surface area (Å²) in [5.41, 5.74) is -0.413. The Morgan fingerprint density at radius 2 is 2.17 bits per heavy atom. The van der Waals surface area contributed by atoms with Crippen molar-refractivity contribution in [3.63, 3.8) is 0 Å². The van der Waals surface area contributed by atoms with Gasteiger partial charge in [-0.25, -0.2) is 0 Å². The number of carbonyl (C=O) groups is 1. The molecular weight excluding hydrogens is 230 g/mol. The van der Waals surface area contributed by atoms with Gasteiger partial charge in [-0.05, 0) is 46.5 Å². The predicted octanol–water partition coefficient (Wildman–Crippen LogP) is 1.95. The van der Waals surface area contributed by atoms with Crippen molar-refractivity contribution >= 4 is 5.91 Å². The molecule has 1 fully saturated rings. The lowest BCUT2D eigenvalue weighted by atomic mass is 9.95. The van der Waals surface area contributed by atoms with Crippen molar-refractivity contribution in [3.05, 3.63) is 0 Å². The fourth-order valence-electron chi connectivity index (χ4n) is 2.51. The minimum atomic E-state index is -0.413. The van der Waals surface area contributed by atoms with Crippen LogP contribution in [0.1, 0.15) is 52.9 Å². The van der Waals surface area contributed by atoms with Crippen LogP contribution >= 0.6 is 0 Å². The lowest BCUT2D eigenvalue weighted by molar-refractivity contribution is -0.140. The summed E-state index contributed by atoms with van der Waals surface area (Å²) in [4.78, 5) is 14.3. The molecule has 0 aliphatic carbocycles. The van der Waals surface area contributed by atoms with Crippen LogP contribution < -0.4 is 0 Å². The molecule has 0 aromatic rings. The van der Waals surface area contributed by atoms with Crippen LogP contribution in [0.5, 0.6) is 0 Å². The van der Waals surface area contributed by atoms with Gasteiger partial charge in [-0.15, -0.1) is 0 Å². The van der Waals surface area contributed by atoms with Crippen LogP contribution in [0, 0.1) is 0 Å². The Morgan fingerprint density at radius 1 is 1.50 bits per heavy atom. The van der Waals surface area contributed by atoms with Gasteiger partial charge in [0.2, 0.25) is 5.91 Å². The van der Waals surface area contributed by atoms with E-state index in [1.54, 1.807) is 14.0 Å². The Kier molecular flexibility index (Phi) is 5.60. The molecule has 4 heteroatoms. The standard InChI is InChI=1S/C14H27NO3/c1-11(16)9-12-7-5-6-8-15(12)13(17)10-14(2,3)18-4/h11-12,16H,5-10H2,1-4H3. The van der Waals surface area contributed by atoms with E-state index in [9.17, 15) is 9.90 Å². The second kappa shape index (κ2) is 6.53. The number of amides is 1. The normalized spacial score (nSPS) is 22.9. The first-order chi connectivity index (χ1) is 8.35. The summed E-state index contributed by atoms with van der Waals surface area (Å²) in [6.07, 6.45) is 3.95. The first-order valence-electron chi connectivity index (χ1n) is 6.88. The van der Waals surface area contributed by atoms with E-state index in [1.807, 2.05) is 18.7 Å². The van der Waals surface area contributed by atoms with Crippen molar-refractivity contribution in [2.24, 2.45) is 0 Å². The number of aliphatic hydroxyl groups excluding tert-OH is 1. The molecule has 4 nitrogen and oxygen atoms in total. The molecule has 1 amide bonds. The maximum atomic E-state index is 12.3. The average Bonchev–Trinajstić information content (AvgIpc) is 2.28. The van der Waals surface area contributed by atoms with E-state index in [0.717, 1.165) is 25.8 Å². The number of aliphatic hydroxyl groups is 1.